The van der Waals surface area contributed by atoms with Crippen LogP contribution in [0.1, 0.15) is 38.2 Å². The number of amides is 1. The van der Waals surface area contributed by atoms with Crippen LogP contribution in [0.4, 0.5) is 0 Å². The molecule has 1 aliphatic rings. The molecule has 0 bridgehead atoms. The van der Waals surface area contributed by atoms with Crippen molar-refractivity contribution in [1.82, 2.24) is 5.32 Å². The molecule has 1 aliphatic carbocycles. The maximum absolute atomic E-state index is 11.9. The summed E-state index contributed by atoms with van der Waals surface area (Å²) in [7, 11) is 0. The van der Waals surface area contributed by atoms with E-state index < -0.39 is 5.97 Å². The van der Waals surface area contributed by atoms with Gasteiger partial charge in [0.2, 0.25) is 0 Å². The summed E-state index contributed by atoms with van der Waals surface area (Å²) in [5, 5.41) is 3.48. The van der Waals surface area contributed by atoms with Gasteiger partial charge in [-0.25, -0.2) is 0 Å². The van der Waals surface area contributed by atoms with Gasteiger partial charge in [0.25, 0.3) is 5.91 Å². The zero-order valence-electron chi connectivity index (χ0n) is 12.8. The Morgan fingerprint density at radius 2 is 2.00 bits per heavy atom. The Hall–Kier alpha value is -1.55. The highest BCUT2D eigenvalue weighted by atomic mass is 35.5. The van der Waals surface area contributed by atoms with Crippen LogP contribution in [0.3, 0.4) is 0 Å². The highest BCUT2D eigenvalue weighted by Gasteiger charge is 2.23. The first kappa shape index (κ1) is 16.8. The van der Waals surface area contributed by atoms with Crippen molar-refractivity contribution in [3.63, 3.8) is 0 Å². The Morgan fingerprint density at radius 3 is 2.73 bits per heavy atom. The number of rotatable bonds is 5. The van der Waals surface area contributed by atoms with E-state index in [1.807, 2.05) is 6.07 Å². The number of hydrogen-bond acceptors (Lipinski definition) is 3. The standard InChI is InChI=1S/C17H22ClNO3/c1-12-6-2-5-9-15(12)19-16(20)11-22-17(21)10-13-7-3-4-8-14(13)18/h3-4,7-8,12,15H,2,5-6,9-11H2,1H3,(H,19,20)/t12-,15+/m0/s1. The van der Waals surface area contributed by atoms with E-state index in [0.29, 0.717) is 16.5 Å². The second kappa shape index (κ2) is 8.18. The zero-order valence-corrected chi connectivity index (χ0v) is 13.6. The molecular weight excluding hydrogens is 302 g/mol. The number of esters is 1. The molecule has 4 nitrogen and oxygen atoms in total. The Morgan fingerprint density at radius 1 is 1.27 bits per heavy atom. The van der Waals surface area contributed by atoms with Crippen LogP contribution in [0.5, 0.6) is 0 Å². The van der Waals surface area contributed by atoms with Gasteiger partial charge in [0.1, 0.15) is 0 Å². The summed E-state index contributed by atoms with van der Waals surface area (Å²) in [5.74, 6) is -0.192. The van der Waals surface area contributed by atoms with Gasteiger partial charge in [-0.2, -0.15) is 0 Å². The lowest BCUT2D eigenvalue weighted by Gasteiger charge is -2.29. The van der Waals surface area contributed by atoms with Crippen molar-refractivity contribution >= 4 is 23.5 Å². The number of ether oxygens (including phenoxy) is 1. The third-order valence-electron chi connectivity index (χ3n) is 4.11. The van der Waals surface area contributed by atoms with Crippen LogP contribution < -0.4 is 5.32 Å². The third-order valence-corrected chi connectivity index (χ3v) is 4.48. The summed E-state index contributed by atoms with van der Waals surface area (Å²) < 4.78 is 5.03. The van der Waals surface area contributed by atoms with Gasteiger partial charge in [-0.05, 0) is 30.4 Å². The molecule has 0 aromatic heterocycles. The van der Waals surface area contributed by atoms with E-state index in [0.717, 1.165) is 19.3 Å². The maximum Gasteiger partial charge on any atom is 0.310 e. The fourth-order valence-electron chi connectivity index (χ4n) is 2.77. The molecule has 22 heavy (non-hydrogen) atoms. The SMILES string of the molecule is C[C@H]1CCCC[C@H]1NC(=O)COC(=O)Cc1ccccc1Cl. The minimum Gasteiger partial charge on any atom is -0.455 e. The summed E-state index contributed by atoms with van der Waals surface area (Å²) in [6.45, 7) is 1.92. The van der Waals surface area contributed by atoms with Crippen LogP contribution in [-0.4, -0.2) is 24.5 Å². The first-order valence-corrected chi connectivity index (χ1v) is 8.12. The van der Waals surface area contributed by atoms with Crippen molar-refractivity contribution in [1.29, 1.82) is 0 Å². The summed E-state index contributed by atoms with van der Waals surface area (Å²) in [5.41, 5.74) is 0.704. The van der Waals surface area contributed by atoms with Gasteiger partial charge in [-0.15, -0.1) is 0 Å². The van der Waals surface area contributed by atoms with E-state index in [2.05, 4.69) is 12.2 Å². The highest BCUT2D eigenvalue weighted by molar-refractivity contribution is 6.31. The van der Waals surface area contributed by atoms with Crippen molar-refractivity contribution in [2.75, 3.05) is 6.61 Å². The fraction of sp³-hybridized carbons (Fsp3) is 0.529. The molecule has 120 valence electrons. The van der Waals surface area contributed by atoms with Crippen LogP contribution in [-0.2, 0) is 20.7 Å². The van der Waals surface area contributed by atoms with E-state index in [-0.39, 0.29) is 25.0 Å². The number of carbonyl (C=O) groups excluding carboxylic acids is 2. The van der Waals surface area contributed by atoms with Crippen molar-refractivity contribution in [3.8, 4) is 0 Å². The lowest BCUT2D eigenvalue weighted by molar-refractivity contribution is -0.148. The van der Waals surface area contributed by atoms with Gasteiger partial charge < -0.3 is 10.1 Å². The van der Waals surface area contributed by atoms with Gasteiger partial charge in [0.15, 0.2) is 6.61 Å². The Labute approximate surface area is 136 Å². The molecule has 1 fully saturated rings. The summed E-state index contributed by atoms with van der Waals surface area (Å²) in [4.78, 5) is 23.6. The fourth-order valence-corrected chi connectivity index (χ4v) is 2.98. The Balaban J connectivity index is 1.74. The number of benzene rings is 1. The van der Waals surface area contributed by atoms with Gasteiger partial charge in [-0.1, -0.05) is 49.6 Å². The summed E-state index contributed by atoms with van der Waals surface area (Å²) >= 11 is 5.99. The highest BCUT2D eigenvalue weighted by Crippen LogP contribution is 2.23. The van der Waals surface area contributed by atoms with Crippen molar-refractivity contribution < 1.29 is 14.3 Å². The minimum atomic E-state index is -0.444. The molecule has 1 saturated carbocycles. The number of nitrogens with one attached hydrogen (secondary N) is 1. The van der Waals surface area contributed by atoms with Crippen molar-refractivity contribution in [3.05, 3.63) is 34.9 Å². The normalized spacial score (nSPS) is 21.2. The first-order chi connectivity index (χ1) is 10.6. The molecule has 0 saturated heterocycles. The molecule has 2 atom stereocenters. The molecule has 0 aliphatic heterocycles. The van der Waals surface area contributed by atoms with Gasteiger partial charge in [-0.3, -0.25) is 9.59 Å². The summed E-state index contributed by atoms with van der Waals surface area (Å²) in [6, 6.07) is 7.31. The largest absolute Gasteiger partial charge is 0.455 e. The van der Waals surface area contributed by atoms with Crippen LogP contribution >= 0.6 is 11.6 Å². The Bertz CT molecular complexity index is 532. The molecule has 0 spiro atoms. The van der Waals surface area contributed by atoms with Crippen LogP contribution in [0, 0.1) is 5.92 Å². The van der Waals surface area contributed by atoms with Crippen molar-refractivity contribution in [2.45, 2.75) is 45.1 Å². The molecule has 0 unspecified atom stereocenters. The second-order valence-corrected chi connectivity index (χ2v) is 6.27. The minimum absolute atomic E-state index is 0.0762. The third kappa shape index (κ3) is 5.02. The van der Waals surface area contributed by atoms with E-state index in [1.54, 1.807) is 18.2 Å². The zero-order chi connectivity index (χ0) is 15.9. The predicted octanol–water partition coefficient (Wildman–Crippen LogP) is 3.12. The second-order valence-electron chi connectivity index (χ2n) is 5.86. The Kier molecular flexibility index (Phi) is 6.25. The molecule has 1 aromatic rings. The maximum atomic E-state index is 11.9. The number of carbonyl (C=O) groups is 2. The van der Waals surface area contributed by atoms with E-state index in [4.69, 9.17) is 16.3 Å². The quantitative estimate of drug-likeness (QED) is 0.847. The molecule has 5 heteroatoms. The van der Waals surface area contributed by atoms with Gasteiger partial charge >= 0.3 is 5.97 Å². The molecule has 1 amide bonds. The molecule has 1 aromatic carbocycles. The lowest BCUT2D eigenvalue weighted by atomic mass is 9.86. The number of hydrogen-bond donors (Lipinski definition) is 1. The molecule has 0 radical (unpaired) electrons. The monoisotopic (exact) mass is 323 g/mol. The van der Waals surface area contributed by atoms with E-state index in [1.165, 1.54) is 6.42 Å². The van der Waals surface area contributed by atoms with Gasteiger partial charge in [0.05, 0.1) is 6.42 Å². The average Bonchev–Trinajstić information content (AvgIpc) is 2.50. The number of halogens is 1. The lowest BCUT2D eigenvalue weighted by Crippen LogP contribution is -2.42. The van der Waals surface area contributed by atoms with Crippen LogP contribution in [0.25, 0.3) is 0 Å². The topological polar surface area (TPSA) is 55.4 Å². The molecule has 2 rings (SSSR count). The van der Waals surface area contributed by atoms with Crippen LogP contribution in [0.2, 0.25) is 5.02 Å². The van der Waals surface area contributed by atoms with Crippen LogP contribution in [0.15, 0.2) is 24.3 Å². The van der Waals surface area contributed by atoms with Crippen molar-refractivity contribution in [2.24, 2.45) is 5.92 Å². The molecular formula is C17H22ClNO3. The van der Waals surface area contributed by atoms with E-state index in [9.17, 15) is 9.59 Å². The summed E-state index contributed by atoms with van der Waals surface area (Å²) in [6.07, 6.45) is 4.58. The average molecular weight is 324 g/mol. The molecule has 0 heterocycles. The predicted molar refractivity (Wildman–Crippen MR) is 85.7 cm³/mol. The molecule has 1 N–H and O–H groups in total. The first-order valence-electron chi connectivity index (χ1n) is 7.74. The van der Waals surface area contributed by atoms with E-state index >= 15 is 0 Å². The van der Waals surface area contributed by atoms with Gasteiger partial charge in [0, 0.05) is 11.1 Å². The smallest absolute Gasteiger partial charge is 0.310 e.